The van der Waals surface area contributed by atoms with Crippen LogP contribution in [0.1, 0.15) is 0 Å². The molecule has 0 spiro atoms. The van der Waals surface area contributed by atoms with Crippen LogP contribution in [0.25, 0.3) is 0 Å². The van der Waals surface area contributed by atoms with E-state index in [9.17, 15) is 8.42 Å². The van der Waals surface area contributed by atoms with E-state index in [2.05, 4.69) is 5.32 Å². The van der Waals surface area contributed by atoms with Crippen LogP contribution in [0.2, 0.25) is 0 Å². The molecule has 0 radical (unpaired) electrons. The second-order valence-corrected chi connectivity index (χ2v) is 5.68. The lowest BCUT2D eigenvalue weighted by molar-refractivity contribution is 0.0676. The van der Waals surface area contributed by atoms with Gasteiger partial charge in [0.15, 0.2) is 9.84 Å². The van der Waals surface area contributed by atoms with Crippen molar-refractivity contribution in [2.75, 3.05) is 32.2 Å². The third-order valence-electron chi connectivity index (χ3n) is 1.93. The molecule has 1 aliphatic rings. The molecule has 1 aliphatic heterocycles. The molecule has 0 amide bonds. The van der Waals surface area contributed by atoms with Crippen molar-refractivity contribution in [2.24, 2.45) is 0 Å². The van der Waals surface area contributed by atoms with E-state index in [1.54, 1.807) is 0 Å². The standard InChI is InChI=1S/C9H15NO5S2/c11-2-3-14-4-5-15-9(16)10-8-1-6-17(12,13)7-8/h1,6,8,11H,2-5,7H2,(H,10,16). The smallest absolute Gasteiger partial charge is 0.257 e. The Morgan fingerprint density at radius 3 is 2.82 bits per heavy atom. The van der Waals surface area contributed by atoms with Crippen LogP contribution in [0.4, 0.5) is 0 Å². The van der Waals surface area contributed by atoms with Crippen LogP contribution in [0, 0.1) is 0 Å². The monoisotopic (exact) mass is 281 g/mol. The lowest BCUT2D eigenvalue weighted by Crippen LogP contribution is -2.36. The SMILES string of the molecule is O=S1(=O)C=CC(NC(=S)OCCOCCO)C1. The quantitative estimate of drug-likeness (QED) is 0.487. The van der Waals surface area contributed by atoms with Crippen molar-refractivity contribution in [2.45, 2.75) is 6.04 Å². The van der Waals surface area contributed by atoms with Crippen molar-refractivity contribution in [1.29, 1.82) is 0 Å². The molecule has 0 aromatic heterocycles. The zero-order valence-electron chi connectivity index (χ0n) is 9.16. The molecule has 0 fully saturated rings. The molecule has 0 saturated heterocycles. The summed E-state index contributed by atoms with van der Waals surface area (Å²) in [4.78, 5) is 0. The Hall–Kier alpha value is -0.700. The summed E-state index contributed by atoms with van der Waals surface area (Å²) in [5.41, 5.74) is 0. The molecule has 0 aromatic carbocycles. The molecule has 17 heavy (non-hydrogen) atoms. The zero-order chi connectivity index (χ0) is 12.7. The van der Waals surface area contributed by atoms with Gasteiger partial charge >= 0.3 is 0 Å². The van der Waals surface area contributed by atoms with Crippen LogP contribution in [0.15, 0.2) is 11.5 Å². The number of aliphatic hydroxyl groups excluding tert-OH is 1. The predicted molar refractivity (Wildman–Crippen MR) is 66.3 cm³/mol. The highest BCUT2D eigenvalue weighted by Crippen LogP contribution is 2.07. The van der Waals surface area contributed by atoms with Crippen molar-refractivity contribution in [3.05, 3.63) is 11.5 Å². The number of hydrogen-bond acceptors (Lipinski definition) is 6. The largest absolute Gasteiger partial charge is 0.469 e. The normalized spacial score (nSPS) is 21.4. The van der Waals surface area contributed by atoms with E-state index < -0.39 is 9.84 Å². The maximum Gasteiger partial charge on any atom is 0.257 e. The van der Waals surface area contributed by atoms with Gasteiger partial charge in [0, 0.05) is 5.41 Å². The molecule has 0 saturated carbocycles. The van der Waals surface area contributed by atoms with Crippen molar-refractivity contribution in [3.8, 4) is 0 Å². The Morgan fingerprint density at radius 1 is 1.47 bits per heavy atom. The lowest BCUT2D eigenvalue weighted by atomic mass is 10.3. The van der Waals surface area contributed by atoms with Crippen LogP contribution in [0.5, 0.6) is 0 Å². The molecule has 1 atom stereocenters. The van der Waals surface area contributed by atoms with Crippen LogP contribution < -0.4 is 5.32 Å². The summed E-state index contributed by atoms with van der Waals surface area (Å²) in [6.07, 6.45) is 1.53. The molecule has 8 heteroatoms. The van der Waals surface area contributed by atoms with Crippen molar-refractivity contribution < 1.29 is 23.0 Å². The Morgan fingerprint density at radius 2 is 2.24 bits per heavy atom. The number of aliphatic hydroxyl groups is 1. The maximum atomic E-state index is 11.1. The van der Waals surface area contributed by atoms with Gasteiger partial charge in [-0.2, -0.15) is 0 Å². The molecule has 1 rings (SSSR count). The van der Waals surface area contributed by atoms with Gasteiger partial charge in [0.2, 0.25) is 0 Å². The number of sulfone groups is 1. The van der Waals surface area contributed by atoms with Gasteiger partial charge in [-0.25, -0.2) is 8.42 Å². The van der Waals surface area contributed by atoms with E-state index in [1.807, 2.05) is 0 Å². The molecule has 0 aliphatic carbocycles. The van der Waals surface area contributed by atoms with Gasteiger partial charge < -0.3 is 19.9 Å². The van der Waals surface area contributed by atoms with E-state index >= 15 is 0 Å². The Balaban J connectivity index is 2.12. The predicted octanol–water partition coefficient (Wildman–Crippen LogP) is -0.803. The number of nitrogens with one attached hydrogen (secondary N) is 1. The summed E-state index contributed by atoms with van der Waals surface area (Å²) >= 11 is 4.88. The minimum atomic E-state index is -3.08. The Labute approximate surface area is 106 Å². The fourth-order valence-corrected chi connectivity index (χ4v) is 2.69. The third kappa shape index (κ3) is 5.97. The maximum absolute atomic E-state index is 11.1. The molecule has 2 N–H and O–H groups in total. The van der Waals surface area contributed by atoms with Gasteiger partial charge in [-0.1, -0.05) is 0 Å². The summed E-state index contributed by atoms with van der Waals surface area (Å²) in [6.45, 7) is 0.802. The average molecular weight is 281 g/mol. The summed E-state index contributed by atoms with van der Waals surface area (Å²) in [5, 5.41) is 12.5. The first-order chi connectivity index (χ1) is 8.03. The molecule has 1 unspecified atom stereocenters. The van der Waals surface area contributed by atoms with E-state index in [-0.39, 0.29) is 36.8 Å². The van der Waals surface area contributed by atoms with Gasteiger partial charge in [0.05, 0.1) is 31.6 Å². The molecule has 0 aromatic rings. The number of thiocarbonyl (C=S) groups is 1. The fourth-order valence-electron chi connectivity index (χ4n) is 1.22. The minimum Gasteiger partial charge on any atom is -0.469 e. The molecule has 0 bridgehead atoms. The summed E-state index contributed by atoms with van der Waals surface area (Å²) < 4.78 is 32.3. The van der Waals surface area contributed by atoms with Gasteiger partial charge in [0.25, 0.3) is 5.17 Å². The van der Waals surface area contributed by atoms with Crippen LogP contribution in [-0.2, 0) is 19.3 Å². The van der Waals surface area contributed by atoms with E-state index in [0.717, 1.165) is 5.41 Å². The van der Waals surface area contributed by atoms with Gasteiger partial charge in [-0.3, -0.25) is 0 Å². The highest BCUT2D eigenvalue weighted by Gasteiger charge is 2.22. The molecule has 6 nitrogen and oxygen atoms in total. The van der Waals surface area contributed by atoms with Crippen LogP contribution >= 0.6 is 12.2 Å². The fraction of sp³-hybridized carbons (Fsp3) is 0.667. The number of hydrogen-bond donors (Lipinski definition) is 2. The van der Waals surface area contributed by atoms with E-state index in [4.69, 9.17) is 26.8 Å². The first kappa shape index (κ1) is 14.4. The third-order valence-corrected chi connectivity index (χ3v) is 3.56. The zero-order valence-corrected chi connectivity index (χ0v) is 10.8. The van der Waals surface area contributed by atoms with Gasteiger partial charge in [0.1, 0.15) is 6.61 Å². The molecule has 98 valence electrons. The molecular weight excluding hydrogens is 266 g/mol. The van der Waals surface area contributed by atoms with E-state index in [1.165, 1.54) is 6.08 Å². The second-order valence-electron chi connectivity index (χ2n) is 3.38. The van der Waals surface area contributed by atoms with Crippen LogP contribution in [-0.4, -0.2) is 56.9 Å². The summed E-state index contributed by atoms with van der Waals surface area (Å²) in [5.74, 6) is -0.00247. The van der Waals surface area contributed by atoms with Crippen LogP contribution in [0.3, 0.4) is 0 Å². The Kier molecular flexibility index (Phi) is 5.83. The van der Waals surface area contributed by atoms with Gasteiger partial charge in [-0.15, -0.1) is 0 Å². The second kappa shape index (κ2) is 6.90. The topological polar surface area (TPSA) is 84.9 Å². The molecular formula is C9H15NO5S2. The lowest BCUT2D eigenvalue weighted by Gasteiger charge is -2.13. The average Bonchev–Trinajstić information content (AvgIpc) is 2.57. The first-order valence-electron chi connectivity index (χ1n) is 5.06. The summed E-state index contributed by atoms with van der Waals surface area (Å²) in [6, 6.07) is -0.328. The number of rotatable bonds is 6. The van der Waals surface area contributed by atoms with Crippen molar-refractivity contribution in [3.63, 3.8) is 0 Å². The highest BCUT2D eigenvalue weighted by molar-refractivity contribution is 7.94. The Bertz CT molecular complexity index is 379. The summed E-state index contributed by atoms with van der Waals surface area (Å²) in [7, 11) is -3.08. The minimum absolute atomic E-state index is 0.00247. The highest BCUT2D eigenvalue weighted by atomic mass is 32.2. The molecule has 1 heterocycles. The first-order valence-corrected chi connectivity index (χ1v) is 7.19. The van der Waals surface area contributed by atoms with Gasteiger partial charge in [-0.05, 0) is 18.3 Å². The number of ether oxygens (including phenoxy) is 2. The van der Waals surface area contributed by atoms with Crippen molar-refractivity contribution >= 4 is 27.2 Å². The van der Waals surface area contributed by atoms with Crippen molar-refractivity contribution in [1.82, 2.24) is 5.32 Å². The van der Waals surface area contributed by atoms with E-state index in [0.29, 0.717) is 6.61 Å².